The van der Waals surface area contributed by atoms with E-state index in [9.17, 15) is 10.1 Å². The Balaban J connectivity index is 2.29. The van der Waals surface area contributed by atoms with Gasteiger partial charge in [-0.2, -0.15) is 4.98 Å². The van der Waals surface area contributed by atoms with E-state index in [1.807, 2.05) is 0 Å². The molecule has 19 heavy (non-hydrogen) atoms. The van der Waals surface area contributed by atoms with Crippen LogP contribution in [-0.2, 0) is 0 Å². The molecule has 6 nitrogen and oxygen atoms in total. The summed E-state index contributed by atoms with van der Waals surface area (Å²) in [7, 11) is 0. The number of nitrogens with two attached hydrogens (primary N) is 1. The van der Waals surface area contributed by atoms with Gasteiger partial charge in [0.05, 0.1) is 9.95 Å². The van der Waals surface area contributed by atoms with E-state index in [0.717, 1.165) is 0 Å². The lowest BCUT2D eigenvalue weighted by atomic mass is 10.3. The minimum absolute atomic E-state index is 0.104. The summed E-state index contributed by atoms with van der Waals surface area (Å²) < 4.78 is 5.38. The van der Waals surface area contributed by atoms with E-state index < -0.39 is 4.92 Å². The van der Waals surface area contributed by atoms with Crippen LogP contribution >= 0.6 is 23.2 Å². The van der Waals surface area contributed by atoms with Crippen LogP contribution in [-0.4, -0.2) is 9.91 Å². The van der Waals surface area contributed by atoms with Gasteiger partial charge in [0, 0.05) is 17.2 Å². The number of nitrogens with zero attached hydrogens (tertiary/aromatic N) is 2. The molecule has 0 fully saturated rings. The summed E-state index contributed by atoms with van der Waals surface area (Å²) in [6.45, 7) is 0. The number of nitrogen functional groups attached to an aromatic ring is 1. The zero-order chi connectivity index (χ0) is 14.0. The van der Waals surface area contributed by atoms with Gasteiger partial charge in [-0.15, -0.1) is 0 Å². The van der Waals surface area contributed by atoms with Gasteiger partial charge in [-0.1, -0.05) is 23.2 Å². The van der Waals surface area contributed by atoms with Gasteiger partial charge in [0.1, 0.15) is 5.75 Å². The molecule has 0 aliphatic heterocycles. The van der Waals surface area contributed by atoms with Gasteiger partial charge in [-0.05, 0) is 18.2 Å². The van der Waals surface area contributed by atoms with Crippen molar-refractivity contribution in [2.45, 2.75) is 0 Å². The van der Waals surface area contributed by atoms with Gasteiger partial charge in [0.25, 0.3) is 0 Å². The van der Waals surface area contributed by atoms with Crippen molar-refractivity contribution in [3.05, 3.63) is 50.5 Å². The third kappa shape index (κ3) is 3.04. The van der Waals surface area contributed by atoms with Crippen LogP contribution < -0.4 is 10.5 Å². The molecule has 0 amide bonds. The maximum absolute atomic E-state index is 10.6. The van der Waals surface area contributed by atoms with Crippen LogP contribution in [0.2, 0.25) is 10.0 Å². The summed E-state index contributed by atoms with van der Waals surface area (Å²) in [5.74, 6) is 0.201. The molecular weight excluding hydrogens is 293 g/mol. The van der Waals surface area contributed by atoms with E-state index >= 15 is 0 Å². The maximum atomic E-state index is 10.6. The van der Waals surface area contributed by atoms with Crippen LogP contribution in [0.5, 0.6) is 11.6 Å². The lowest BCUT2D eigenvalue weighted by Crippen LogP contribution is -1.99. The second-order valence-corrected chi connectivity index (χ2v) is 4.33. The summed E-state index contributed by atoms with van der Waals surface area (Å²) in [4.78, 5) is 13.7. The Kier molecular flexibility index (Phi) is 3.73. The standard InChI is InChI=1S/C11H7Cl2N3O3/c12-6-1-3-9(7(13)5-6)19-10-4-2-8(16(17)18)11(14)15-10/h1-5H,(H2,14,15). The minimum Gasteiger partial charge on any atom is -0.437 e. The summed E-state index contributed by atoms with van der Waals surface area (Å²) in [6, 6.07) is 7.20. The van der Waals surface area contributed by atoms with Crippen LogP contribution in [0.4, 0.5) is 11.5 Å². The van der Waals surface area contributed by atoms with Crippen molar-refractivity contribution in [3.8, 4) is 11.6 Å². The van der Waals surface area contributed by atoms with Crippen molar-refractivity contribution in [3.63, 3.8) is 0 Å². The summed E-state index contributed by atoms with van der Waals surface area (Å²) in [5.41, 5.74) is 5.17. The van der Waals surface area contributed by atoms with Gasteiger partial charge < -0.3 is 10.5 Å². The second-order valence-electron chi connectivity index (χ2n) is 3.49. The maximum Gasteiger partial charge on any atom is 0.311 e. The van der Waals surface area contributed by atoms with Crippen LogP contribution in [0, 0.1) is 10.1 Å². The van der Waals surface area contributed by atoms with E-state index in [-0.39, 0.29) is 17.4 Å². The highest BCUT2D eigenvalue weighted by atomic mass is 35.5. The lowest BCUT2D eigenvalue weighted by molar-refractivity contribution is -0.384. The van der Waals surface area contributed by atoms with Crippen LogP contribution in [0.15, 0.2) is 30.3 Å². The van der Waals surface area contributed by atoms with Crippen molar-refractivity contribution in [2.24, 2.45) is 0 Å². The van der Waals surface area contributed by atoms with Crippen molar-refractivity contribution >= 4 is 34.7 Å². The largest absolute Gasteiger partial charge is 0.437 e. The smallest absolute Gasteiger partial charge is 0.311 e. The first-order chi connectivity index (χ1) is 8.97. The highest BCUT2D eigenvalue weighted by Crippen LogP contribution is 2.32. The fraction of sp³-hybridized carbons (Fsp3) is 0. The number of benzene rings is 1. The molecule has 2 rings (SSSR count). The fourth-order valence-electron chi connectivity index (χ4n) is 1.33. The number of anilines is 1. The lowest BCUT2D eigenvalue weighted by Gasteiger charge is -2.07. The number of pyridine rings is 1. The zero-order valence-corrected chi connectivity index (χ0v) is 10.9. The average molecular weight is 300 g/mol. The molecular formula is C11H7Cl2N3O3. The average Bonchev–Trinajstić information content (AvgIpc) is 2.32. The highest BCUT2D eigenvalue weighted by Gasteiger charge is 2.14. The molecule has 0 radical (unpaired) electrons. The van der Waals surface area contributed by atoms with E-state index in [2.05, 4.69) is 4.98 Å². The Hall–Kier alpha value is -2.05. The van der Waals surface area contributed by atoms with E-state index in [1.165, 1.54) is 18.2 Å². The molecule has 1 heterocycles. The van der Waals surface area contributed by atoms with E-state index in [1.54, 1.807) is 12.1 Å². The summed E-state index contributed by atoms with van der Waals surface area (Å²) >= 11 is 11.7. The minimum atomic E-state index is -0.624. The predicted octanol–water partition coefficient (Wildman–Crippen LogP) is 3.67. The number of aromatic nitrogens is 1. The molecule has 1 aromatic heterocycles. The number of hydrogen-bond donors (Lipinski definition) is 1. The third-order valence-electron chi connectivity index (χ3n) is 2.18. The molecule has 0 aliphatic carbocycles. The van der Waals surface area contributed by atoms with Crippen molar-refractivity contribution < 1.29 is 9.66 Å². The van der Waals surface area contributed by atoms with E-state index in [0.29, 0.717) is 15.8 Å². The normalized spacial score (nSPS) is 10.2. The SMILES string of the molecule is Nc1nc(Oc2ccc(Cl)cc2Cl)ccc1[N+](=O)[O-]. The van der Waals surface area contributed by atoms with Crippen LogP contribution in [0.25, 0.3) is 0 Å². The molecule has 2 N–H and O–H groups in total. The van der Waals surface area contributed by atoms with E-state index in [4.69, 9.17) is 33.7 Å². The quantitative estimate of drug-likeness (QED) is 0.689. The van der Waals surface area contributed by atoms with Crippen LogP contribution in [0.3, 0.4) is 0 Å². The molecule has 0 atom stereocenters. The second kappa shape index (κ2) is 5.29. The predicted molar refractivity (Wildman–Crippen MR) is 71.8 cm³/mol. The molecule has 98 valence electrons. The highest BCUT2D eigenvalue weighted by molar-refractivity contribution is 6.35. The topological polar surface area (TPSA) is 91.3 Å². The molecule has 0 saturated carbocycles. The molecule has 0 spiro atoms. The molecule has 8 heteroatoms. The van der Waals surface area contributed by atoms with Crippen molar-refractivity contribution in [1.82, 2.24) is 4.98 Å². The Labute approximate surface area is 117 Å². The Morgan fingerprint density at radius 3 is 2.58 bits per heavy atom. The van der Waals surface area contributed by atoms with Crippen molar-refractivity contribution in [1.29, 1.82) is 0 Å². The molecule has 0 aliphatic rings. The summed E-state index contributed by atoms with van der Waals surface area (Å²) in [5, 5.41) is 11.4. The number of nitro groups is 1. The monoisotopic (exact) mass is 299 g/mol. The van der Waals surface area contributed by atoms with Gasteiger partial charge in [-0.3, -0.25) is 10.1 Å². The third-order valence-corrected chi connectivity index (χ3v) is 2.71. The fourth-order valence-corrected chi connectivity index (χ4v) is 1.78. The number of ether oxygens (including phenoxy) is 1. The molecule has 1 aromatic carbocycles. The number of rotatable bonds is 3. The Morgan fingerprint density at radius 2 is 2.00 bits per heavy atom. The molecule has 0 bridgehead atoms. The summed E-state index contributed by atoms with van der Waals surface area (Å²) in [6.07, 6.45) is 0. The van der Waals surface area contributed by atoms with Gasteiger partial charge in [0.15, 0.2) is 0 Å². The van der Waals surface area contributed by atoms with Crippen LogP contribution in [0.1, 0.15) is 0 Å². The Morgan fingerprint density at radius 1 is 1.26 bits per heavy atom. The van der Waals surface area contributed by atoms with Gasteiger partial charge in [0.2, 0.25) is 11.7 Å². The molecule has 0 unspecified atom stereocenters. The first-order valence-electron chi connectivity index (χ1n) is 5.01. The number of hydrogen-bond acceptors (Lipinski definition) is 5. The van der Waals surface area contributed by atoms with Crippen molar-refractivity contribution in [2.75, 3.05) is 5.73 Å². The van der Waals surface area contributed by atoms with Gasteiger partial charge in [-0.25, -0.2) is 0 Å². The number of halogens is 2. The first kappa shape index (κ1) is 13.4. The Bertz CT molecular complexity index is 649. The molecule has 2 aromatic rings. The first-order valence-corrected chi connectivity index (χ1v) is 5.77. The van der Waals surface area contributed by atoms with Gasteiger partial charge >= 0.3 is 5.69 Å². The molecule has 0 saturated heterocycles. The zero-order valence-electron chi connectivity index (χ0n) is 9.34.